The van der Waals surface area contributed by atoms with Gasteiger partial charge in [-0.25, -0.2) is 0 Å². The van der Waals surface area contributed by atoms with Gasteiger partial charge in [0.15, 0.2) is 12.4 Å². The van der Waals surface area contributed by atoms with Gasteiger partial charge in [-0.3, -0.25) is 9.59 Å². The van der Waals surface area contributed by atoms with Crippen molar-refractivity contribution in [1.82, 2.24) is 0 Å². The molecule has 6 atom stereocenters. The molecule has 0 radical (unpaired) electrons. The van der Waals surface area contributed by atoms with Crippen molar-refractivity contribution in [3.05, 3.63) is 12.2 Å². The average Bonchev–Trinajstić information content (AvgIpc) is 3.13. The van der Waals surface area contributed by atoms with E-state index in [4.69, 9.17) is 18.9 Å². The van der Waals surface area contributed by atoms with Gasteiger partial charge in [-0.05, 0) is 38.5 Å². The minimum absolute atomic E-state index is 0.213. The van der Waals surface area contributed by atoms with Crippen LogP contribution < -0.4 is 0 Å². The third-order valence-corrected chi connectivity index (χ3v) is 9.65. The number of aliphatic hydroxyl groups excluding tert-OH is 4. The second kappa shape index (κ2) is 33.0. The Labute approximate surface area is 310 Å². The Balaban J connectivity index is 2.38. The van der Waals surface area contributed by atoms with E-state index in [9.17, 15) is 30.0 Å². The van der Waals surface area contributed by atoms with Crippen molar-refractivity contribution in [3.63, 3.8) is 0 Å². The van der Waals surface area contributed by atoms with Crippen molar-refractivity contribution in [2.75, 3.05) is 19.8 Å². The molecule has 0 spiro atoms. The Bertz CT molecular complexity index is 850. The number of hydrogen-bond acceptors (Lipinski definition) is 10. The van der Waals surface area contributed by atoms with E-state index in [2.05, 4.69) is 26.0 Å². The highest BCUT2D eigenvalue weighted by Crippen LogP contribution is 2.22. The first-order valence-corrected chi connectivity index (χ1v) is 20.8. The maximum Gasteiger partial charge on any atom is 0.306 e. The molecular weight excluding hydrogens is 652 g/mol. The van der Waals surface area contributed by atoms with Crippen LogP contribution in [0.15, 0.2) is 12.2 Å². The summed E-state index contributed by atoms with van der Waals surface area (Å²) in [5.41, 5.74) is 0. The molecule has 1 rings (SSSR count). The lowest BCUT2D eigenvalue weighted by Crippen LogP contribution is -2.59. The lowest BCUT2D eigenvalue weighted by Gasteiger charge is -2.39. The van der Waals surface area contributed by atoms with E-state index < -0.39 is 49.4 Å². The van der Waals surface area contributed by atoms with Gasteiger partial charge in [0.1, 0.15) is 31.0 Å². The Morgan fingerprint density at radius 3 is 1.55 bits per heavy atom. The molecule has 1 fully saturated rings. The summed E-state index contributed by atoms with van der Waals surface area (Å²) in [6.45, 7) is 3.39. The largest absolute Gasteiger partial charge is 0.462 e. The van der Waals surface area contributed by atoms with E-state index in [0.717, 1.165) is 44.9 Å². The van der Waals surface area contributed by atoms with Crippen LogP contribution >= 0.6 is 0 Å². The molecule has 10 nitrogen and oxygen atoms in total. The molecule has 0 bridgehead atoms. The molecule has 0 saturated carbocycles. The number of hydrogen-bond donors (Lipinski definition) is 4. The predicted octanol–water partition coefficient (Wildman–Crippen LogP) is 8.00. The van der Waals surface area contributed by atoms with Crippen molar-refractivity contribution in [1.29, 1.82) is 0 Å². The molecule has 300 valence electrons. The number of carbonyl (C=O) groups excluding carboxylic acids is 2. The maximum absolute atomic E-state index is 12.7. The van der Waals surface area contributed by atoms with Gasteiger partial charge in [-0.2, -0.15) is 0 Å². The molecule has 1 heterocycles. The topological polar surface area (TPSA) is 152 Å². The first-order chi connectivity index (χ1) is 24.8. The van der Waals surface area contributed by atoms with Gasteiger partial charge in [-0.15, -0.1) is 0 Å². The van der Waals surface area contributed by atoms with Crippen molar-refractivity contribution in [2.45, 2.75) is 218 Å². The third kappa shape index (κ3) is 25.2. The van der Waals surface area contributed by atoms with E-state index in [1.165, 1.54) is 103 Å². The molecule has 0 aromatic rings. The standard InChI is InChI=1S/C41H76O10/c1-3-5-7-9-11-13-15-17-19-21-23-25-27-29-36(43)48-32-34(33-49-41-40(47)39(46)38(45)35(31-42)51-41)50-37(44)30-28-26-24-22-20-18-16-14-12-10-8-6-4-2/h18,20,34-35,38-42,45-47H,3-17,19,21-33H2,1-2H3/b20-18+/t34-,35-,38+,39?,40?,41-/m0/s1. The van der Waals surface area contributed by atoms with E-state index in [1.54, 1.807) is 0 Å². The lowest BCUT2D eigenvalue weighted by molar-refractivity contribution is -0.305. The van der Waals surface area contributed by atoms with Gasteiger partial charge < -0.3 is 39.4 Å². The molecule has 51 heavy (non-hydrogen) atoms. The zero-order chi connectivity index (χ0) is 37.4. The predicted molar refractivity (Wildman–Crippen MR) is 201 cm³/mol. The second-order valence-electron chi connectivity index (χ2n) is 14.4. The normalized spacial score (nSPS) is 21.3. The van der Waals surface area contributed by atoms with E-state index in [-0.39, 0.29) is 32.0 Å². The number of aliphatic hydroxyl groups is 4. The van der Waals surface area contributed by atoms with Crippen LogP contribution in [0.25, 0.3) is 0 Å². The van der Waals surface area contributed by atoms with Crippen molar-refractivity contribution >= 4 is 11.9 Å². The van der Waals surface area contributed by atoms with Crippen molar-refractivity contribution < 1.29 is 49.0 Å². The van der Waals surface area contributed by atoms with Crippen LogP contribution in [0.1, 0.15) is 181 Å². The first kappa shape index (κ1) is 47.5. The van der Waals surface area contributed by atoms with Crippen LogP contribution in [0.2, 0.25) is 0 Å². The number of allylic oxidation sites excluding steroid dienone is 2. The summed E-state index contributed by atoms with van der Waals surface area (Å²) in [6, 6.07) is 0. The smallest absolute Gasteiger partial charge is 0.306 e. The molecule has 4 N–H and O–H groups in total. The molecule has 2 unspecified atom stereocenters. The molecule has 0 aromatic heterocycles. The highest BCUT2D eigenvalue weighted by molar-refractivity contribution is 5.70. The van der Waals surface area contributed by atoms with Crippen LogP contribution in [0.4, 0.5) is 0 Å². The van der Waals surface area contributed by atoms with Crippen molar-refractivity contribution in [3.8, 4) is 0 Å². The summed E-state index contributed by atoms with van der Waals surface area (Å²) in [7, 11) is 0. The Kier molecular flexibility index (Phi) is 30.7. The molecular formula is C41H76O10. The minimum atomic E-state index is -1.59. The van der Waals surface area contributed by atoms with Crippen molar-refractivity contribution in [2.24, 2.45) is 0 Å². The zero-order valence-electron chi connectivity index (χ0n) is 32.4. The van der Waals surface area contributed by atoms with Gasteiger partial charge in [0.25, 0.3) is 0 Å². The summed E-state index contributed by atoms with van der Waals surface area (Å²) in [5.74, 6) is -0.819. The summed E-state index contributed by atoms with van der Waals surface area (Å²) in [6.07, 6.45) is 25.0. The van der Waals surface area contributed by atoms with Gasteiger partial charge in [0.2, 0.25) is 0 Å². The van der Waals surface area contributed by atoms with Gasteiger partial charge in [-0.1, -0.05) is 142 Å². The van der Waals surface area contributed by atoms with E-state index >= 15 is 0 Å². The third-order valence-electron chi connectivity index (χ3n) is 9.65. The summed E-state index contributed by atoms with van der Waals surface area (Å²) in [4.78, 5) is 25.2. The fourth-order valence-electron chi connectivity index (χ4n) is 6.30. The quantitative estimate of drug-likeness (QED) is 0.0291. The van der Waals surface area contributed by atoms with Crippen LogP contribution in [-0.2, 0) is 28.5 Å². The molecule has 0 amide bonds. The number of esters is 2. The monoisotopic (exact) mass is 729 g/mol. The Morgan fingerprint density at radius 1 is 0.588 bits per heavy atom. The van der Waals surface area contributed by atoms with Gasteiger partial charge in [0, 0.05) is 12.8 Å². The molecule has 0 aromatic carbocycles. The minimum Gasteiger partial charge on any atom is -0.462 e. The average molecular weight is 729 g/mol. The van der Waals surface area contributed by atoms with Crippen LogP contribution in [0.3, 0.4) is 0 Å². The first-order valence-electron chi connectivity index (χ1n) is 20.8. The Hall–Kier alpha value is -1.56. The molecule has 10 heteroatoms. The maximum atomic E-state index is 12.7. The van der Waals surface area contributed by atoms with Crippen LogP contribution in [0, 0.1) is 0 Å². The van der Waals surface area contributed by atoms with Crippen LogP contribution in [0.5, 0.6) is 0 Å². The highest BCUT2D eigenvalue weighted by Gasteiger charge is 2.44. The molecule has 1 saturated heterocycles. The highest BCUT2D eigenvalue weighted by atomic mass is 16.7. The lowest BCUT2D eigenvalue weighted by atomic mass is 9.99. The van der Waals surface area contributed by atoms with E-state index in [1.807, 2.05) is 0 Å². The fraction of sp³-hybridized carbons (Fsp3) is 0.902. The molecule has 0 aliphatic carbocycles. The number of unbranched alkanes of at least 4 members (excludes halogenated alkanes) is 21. The second-order valence-corrected chi connectivity index (χ2v) is 14.4. The summed E-state index contributed by atoms with van der Waals surface area (Å²) >= 11 is 0. The van der Waals surface area contributed by atoms with Gasteiger partial charge in [0.05, 0.1) is 13.2 Å². The number of carbonyl (C=O) groups is 2. The zero-order valence-corrected chi connectivity index (χ0v) is 32.4. The SMILES string of the molecule is CCCCCCCC/C=C/CCCCCC(=O)O[C@@H](COC(=O)CCCCCCCCCCCCCCC)CO[C@H]1O[C@@H](CO)[C@@H](O)C(O)C1O. The number of ether oxygens (including phenoxy) is 4. The summed E-state index contributed by atoms with van der Waals surface area (Å²) in [5, 5.41) is 39.9. The van der Waals surface area contributed by atoms with E-state index in [0.29, 0.717) is 6.42 Å². The number of rotatable bonds is 34. The molecule has 1 aliphatic heterocycles. The summed E-state index contributed by atoms with van der Waals surface area (Å²) < 4.78 is 22.1. The molecule has 1 aliphatic rings. The van der Waals surface area contributed by atoms with Gasteiger partial charge >= 0.3 is 11.9 Å². The Morgan fingerprint density at radius 2 is 1.04 bits per heavy atom. The van der Waals surface area contributed by atoms with Crippen LogP contribution in [-0.4, -0.2) is 89.0 Å². The fourth-order valence-corrected chi connectivity index (χ4v) is 6.30.